The second-order valence-electron chi connectivity index (χ2n) is 8.25. The highest BCUT2D eigenvalue weighted by Crippen LogP contribution is 2.52. The van der Waals surface area contributed by atoms with E-state index in [1.54, 1.807) is 12.4 Å². The van der Waals surface area contributed by atoms with Crippen molar-refractivity contribution in [3.63, 3.8) is 0 Å². The monoisotopic (exact) mass is 444 g/mol. The van der Waals surface area contributed by atoms with Crippen molar-refractivity contribution in [2.75, 3.05) is 19.8 Å². The van der Waals surface area contributed by atoms with Crippen molar-refractivity contribution in [1.29, 1.82) is 0 Å². The van der Waals surface area contributed by atoms with Crippen LogP contribution in [0, 0.1) is 5.82 Å². The van der Waals surface area contributed by atoms with Gasteiger partial charge in [-0.1, -0.05) is 12.1 Å². The Labute approximate surface area is 189 Å². The predicted octanol–water partition coefficient (Wildman–Crippen LogP) is 4.17. The van der Waals surface area contributed by atoms with E-state index in [0.717, 1.165) is 34.4 Å². The summed E-state index contributed by atoms with van der Waals surface area (Å²) in [4.78, 5) is 13.4. The first kappa shape index (κ1) is 19.9. The largest absolute Gasteiger partial charge is 0.465 e. The van der Waals surface area contributed by atoms with Crippen LogP contribution >= 0.6 is 0 Å². The minimum atomic E-state index is -0.810. The number of aromatic nitrogens is 2. The molecule has 33 heavy (non-hydrogen) atoms. The van der Waals surface area contributed by atoms with E-state index in [1.165, 1.54) is 12.3 Å². The van der Waals surface area contributed by atoms with Crippen LogP contribution in [0.3, 0.4) is 0 Å². The highest BCUT2D eigenvalue weighted by molar-refractivity contribution is 5.77. The molecular formula is C25H21FN4O3. The van der Waals surface area contributed by atoms with Crippen LogP contribution in [0.1, 0.15) is 29.7 Å². The third-order valence-electron chi connectivity index (χ3n) is 6.25. The average molecular weight is 444 g/mol. The fourth-order valence-electron chi connectivity index (χ4n) is 4.68. The van der Waals surface area contributed by atoms with Crippen LogP contribution in [0.25, 0.3) is 16.7 Å². The van der Waals surface area contributed by atoms with E-state index in [-0.39, 0.29) is 6.02 Å². The summed E-state index contributed by atoms with van der Waals surface area (Å²) in [6, 6.07) is 9.31. The number of ether oxygens (including phenoxy) is 3. The van der Waals surface area contributed by atoms with Crippen LogP contribution in [-0.2, 0) is 15.0 Å². The Balaban J connectivity index is 1.55. The number of amidine groups is 1. The van der Waals surface area contributed by atoms with Crippen molar-refractivity contribution >= 4 is 11.6 Å². The van der Waals surface area contributed by atoms with Crippen LogP contribution in [0.4, 0.5) is 4.39 Å². The molecule has 1 atom stereocenters. The van der Waals surface area contributed by atoms with Gasteiger partial charge in [-0.3, -0.25) is 9.97 Å². The van der Waals surface area contributed by atoms with E-state index < -0.39 is 11.4 Å². The number of aliphatic imine (C=N–C) groups is 1. The molecule has 0 fully saturated rings. The number of benzene rings is 1. The maximum absolute atomic E-state index is 13.8. The van der Waals surface area contributed by atoms with Gasteiger partial charge >= 0.3 is 0 Å². The molecule has 166 valence electrons. The van der Waals surface area contributed by atoms with Gasteiger partial charge in [-0.2, -0.15) is 0 Å². The Morgan fingerprint density at radius 1 is 0.970 bits per heavy atom. The molecule has 7 nitrogen and oxygen atoms in total. The predicted molar refractivity (Wildman–Crippen MR) is 120 cm³/mol. The first-order valence-corrected chi connectivity index (χ1v) is 10.8. The maximum Gasteiger partial charge on any atom is 0.283 e. The zero-order chi connectivity index (χ0) is 22.4. The molecule has 0 amide bonds. The first-order chi connectivity index (χ1) is 16.1. The summed E-state index contributed by atoms with van der Waals surface area (Å²) in [5.41, 5.74) is 10.3. The third kappa shape index (κ3) is 3.34. The minimum absolute atomic E-state index is 0.122. The summed E-state index contributed by atoms with van der Waals surface area (Å²) < 4.78 is 31.2. The van der Waals surface area contributed by atoms with E-state index in [1.807, 2.05) is 24.3 Å². The van der Waals surface area contributed by atoms with Crippen LogP contribution in [-0.4, -0.2) is 35.8 Å². The van der Waals surface area contributed by atoms with Gasteiger partial charge in [0.1, 0.15) is 17.1 Å². The molecule has 1 aromatic carbocycles. The molecule has 0 saturated carbocycles. The minimum Gasteiger partial charge on any atom is -0.465 e. The number of nitrogens with two attached hydrogens (primary N) is 1. The number of fused-ring (bicyclic) bond motifs is 4. The fourth-order valence-corrected chi connectivity index (χ4v) is 4.68. The molecule has 2 aromatic heterocycles. The van der Waals surface area contributed by atoms with E-state index in [4.69, 9.17) is 24.9 Å². The molecular weight excluding hydrogens is 423 g/mol. The van der Waals surface area contributed by atoms with Crippen LogP contribution in [0.15, 0.2) is 60.0 Å². The zero-order valence-electron chi connectivity index (χ0n) is 17.8. The smallest absolute Gasteiger partial charge is 0.283 e. The fraction of sp³-hybridized carbons (Fsp3) is 0.240. The Bertz CT molecular complexity index is 1320. The van der Waals surface area contributed by atoms with Crippen molar-refractivity contribution in [2.45, 2.75) is 18.4 Å². The topological polar surface area (TPSA) is 91.9 Å². The summed E-state index contributed by atoms with van der Waals surface area (Å²) >= 11 is 0. The molecule has 3 aliphatic rings. The maximum atomic E-state index is 13.8. The van der Waals surface area contributed by atoms with Gasteiger partial charge in [-0.15, -0.1) is 0 Å². The summed E-state index contributed by atoms with van der Waals surface area (Å²) in [6.45, 7) is 1.63. The van der Waals surface area contributed by atoms with Crippen molar-refractivity contribution in [3.8, 4) is 22.6 Å². The first-order valence-electron chi connectivity index (χ1n) is 10.8. The lowest BCUT2D eigenvalue weighted by Crippen LogP contribution is -2.38. The Morgan fingerprint density at radius 2 is 1.88 bits per heavy atom. The van der Waals surface area contributed by atoms with E-state index in [2.05, 4.69) is 16.0 Å². The van der Waals surface area contributed by atoms with Crippen molar-refractivity contribution in [2.24, 2.45) is 10.7 Å². The number of pyridine rings is 2. The zero-order valence-corrected chi connectivity index (χ0v) is 17.8. The third-order valence-corrected chi connectivity index (χ3v) is 6.25. The van der Waals surface area contributed by atoms with E-state index in [0.29, 0.717) is 43.3 Å². The summed E-state index contributed by atoms with van der Waals surface area (Å²) in [5, 5.41) is 0. The van der Waals surface area contributed by atoms with Crippen LogP contribution in [0.5, 0.6) is 11.5 Å². The number of halogens is 1. The van der Waals surface area contributed by atoms with Gasteiger partial charge < -0.3 is 19.9 Å². The molecule has 3 aromatic rings. The van der Waals surface area contributed by atoms with E-state index in [9.17, 15) is 4.39 Å². The molecule has 5 heterocycles. The van der Waals surface area contributed by atoms with Gasteiger partial charge in [-0.25, -0.2) is 9.38 Å². The average Bonchev–Trinajstić information content (AvgIpc) is 2.85. The quantitative estimate of drug-likeness (QED) is 0.638. The number of rotatable bonds is 2. The highest BCUT2D eigenvalue weighted by Gasteiger charge is 2.45. The lowest BCUT2D eigenvalue weighted by molar-refractivity contribution is 0.164. The Hall–Kier alpha value is -3.78. The molecule has 2 N–H and O–H groups in total. The summed E-state index contributed by atoms with van der Waals surface area (Å²) in [7, 11) is 0. The van der Waals surface area contributed by atoms with Gasteiger partial charge in [0.25, 0.3) is 6.02 Å². The lowest BCUT2D eigenvalue weighted by Gasteiger charge is -2.39. The molecule has 0 saturated heterocycles. The van der Waals surface area contributed by atoms with Gasteiger partial charge in [0.2, 0.25) is 0 Å². The van der Waals surface area contributed by atoms with Crippen molar-refractivity contribution in [3.05, 3.63) is 77.6 Å². The van der Waals surface area contributed by atoms with Gasteiger partial charge in [0.15, 0.2) is 5.75 Å². The second-order valence-corrected chi connectivity index (χ2v) is 8.25. The second kappa shape index (κ2) is 7.67. The van der Waals surface area contributed by atoms with Crippen LogP contribution in [0.2, 0.25) is 0 Å². The summed E-state index contributed by atoms with van der Waals surface area (Å²) in [6.07, 6.45) is 8.12. The lowest BCUT2D eigenvalue weighted by atomic mass is 9.77. The molecule has 3 aliphatic heterocycles. The Morgan fingerprint density at radius 3 is 2.70 bits per heavy atom. The van der Waals surface area contributed by atoms with Crippen LogP contribution < -0.4 is 10.5 Å². The SMILES string of the molecule is NC1=N[C@@]2(CCO1)c1cc(-c3cncc(F)c3)ccc1Oc1cnc(C3=CCCOC3)cc12. The summed E-state index contributed by atoms with van der Waals surface area (Å²) in [5.74, 6) is 0.889. The standard InChI is InChI=1S/C25H21FN4O3/c26-18-8-17(11-28-12-18)15-3-4-22-19(9-15)25(5-7-32-24(27)30-25)20-10-21(29-13-23(20)33-22)16-2-1-6-31-14-16/h2-4,8-13H,1,5-7,14H2,(H2,27,30)/t25-/m0/s1. The molecule has 0 unspecified atom stereocenters. The number of nitrogens with zero attached hydrogens (tertiary/aromatic N) is 3. The number of hydrogen-bond acceptors (Lipinski definition) is 7. The van der Waals surface area contributed by atoms with Gasteiger partial charge in [-0.05, 0) is 41.8 Å². The number of hydrogen-bond donors (Lipinski definition) is 1. The molecule has 0 aliphatic carbocycles. The van der Waals surface area contributed by atoms with Gasteiger partial charge in [0.05, 0.1) is 37.9 Å². The van der Waals surface area contributed by atoms with Gasteiger partial charge in [0, 0.05) is 29.3 Å². The van der Waals surface area contributed by atoms with E-state index >= 15 is 0 Å². The molecule has 1 spiro atoms. The molecule has 0 bridgehead atoms. The molecule has 6 rings (SSSR count). The molecule has 0 radical (unpaired) electrons. The Kier molecular flexibility index (Phi) is 4.62. The highest BCUT2D eigenvalue weighted by atomic mass is 19.1. The normalized spacial score (nSPS) is 21.2. The van der Waals surface area contributed by atoms with Crippen molar-refractivity contribution < 1.29 is 18.6 Å². The molecule has 8 heteroatoms. The van der Waals surface area contributed by atoms with Crippen molar-refractivity contribution in [1.82, 2.24) is 9.97 Å².